The third-order valence-electron chi connectivity index (χ3n) is 8.13. The van der Waals surface area contributed by atoms with Gasteiger partial charge in [0.25, 0.3) is 5.56 Å². The predicted octanol–water partition coefficient (Wildman–Crippen LogP) is -0.353. The number of azide groups is 1. The van der Waals surface area contributed by atoms with Crippen molar-refractivity contribution in [3.8, 4) is 0 Å². The number of ether oxygens (including phenoxy) is 2. The van der Waals surface area contributed by atoms with Crippen LogP contribution in [0.5, 0.6) is 0 Å². The summed E-state index contributed by atoms with van der Waals surface area (Å²) in [5.74, 6) is 0.160. The van der Waals surface area contributed by atoms with Crippen LogP contribution in [0.1, 0.15) is 12.5 Å². The molecule has 8 heterocycles. The van der Waals surface area contributed by atoms with Crippen molar-refractivity contribution in [2.45, 2.75) is 49.0 Å². The van der Waals surface area contributed by atoms with Gasteiger partial charge in [0.05, 0.1) is 25.9 Å². The Labute approximate surface area is 270 Å². The number of anilines is 1. The number of rotatable bonds is 3. The van der Waals surface area contributed by atoms with Gasteiger partial charge in [0.1, 0.15) is 54.6 Å². The molecule has 3 saturated heterocycles. The Kier molecular flexibility index (Phi) is 7.56. The standard InChI is InChI=1S/C22H23N13O12P2/c23-16-11-17(27-5-26-16)34(6-28-11)20-10(31-32-24)14-9(45-20)4-43-49(40,41)47-15-13(36)8(3-42-48(38,39)46-14)44-21(15)35-7-29-12-18(37)30-22-25-1-2-33(22)19(12)35/h1-2,5-10,13-15,20-21,36H,3-4H2,(H,38,39)(H,40,41)(H2,23,26,27)(H,25,30,37)/t8-,9-,10?,13-,14-,15-,20-,21-/m1/s1. The Morgan fingerprint density at radius 2 is 1.65 bits per heavy atom. The van der Waals surface area contributed by atoms with Crippen LogP contribution < -0.4 is 11.3 Å². The topological polar surface area (TPSA) is 337 Å². The van der Waals surface area contributed by atoms with Crippen molar-refractivity contribution in [3.05, 3.63) is 52.2 Å². The molecule has 49 heavy (non-hydrogen) atoms. The van der Waals surface area contributed by atoms with E-state index in [0.717, 1.165) is 6.33 Å². The first kappa shape index (κ1) is 31.9. The van der Waals surface area contributed by atoms with Crippen LogP contribution in [-0.2, 0) is 36.7 Å². The number of aliphatic hydroxyl groups excluding tert-OH is 1. The lowest BCUT2D eigenvalue weighted by Gasteiger charge is -2.26. The first-order valence-corrected chi connectivity index (χ1v) is 17.1. The number of aromatic nitrogens is 9. The second kappa shape index (κ2) is 11.6. The molecule has 258 valence electrons. The zero-order chi connectivity index (χ0) is 34.2. The van der Waals surface area contributed by atoms with Gasteiger partial charge < -0.3 is 30.1 Å². The van der Waals surface area contributed by atoms with Crippen LogP contribution >= 0.6 is 15.6 Å². The van der Waals surface area contributed by atoms with Crippen LogP contribution in [0.2, 0.25) is 0 Å². The summed E-state index contributed by atoms with van der Waals surface area (Å²) in [5.41, 5.74) is 15.0. The van der Waals surface area contributed by atoms with Crippen LogP contribution in [-0.4, -0.2) is 108 Å². The number of fused-ring (bicyclic) bond motifs is 7. The van der Waals surface area contributed by atoms with Crippen molar-refractivity contribution >= 4 is 49.6 Å². The van der Waals surface area contributed by atoms with E-state index in [1.807, 2.05) is 0 Å². The molecule has 3 aliphatic heterocycles. The lowest BCUT2D eigenvalue weighted by Crippen LogP contribution is -2.35. The fourth-order valence-electron chi connectivity index (χ4n) is 6.02. The highest BCUT2D eigenvalue weighted by Crippen LogP contribution is 2.54. The maximum absolute atomic E-state index is 13.4. The highest BCUT2D eigenvalue weighted by Gasteiger charge is 2.54. The Morgan fingerprint density at radius 1 is 0.959 bits per heavy atom. The zero-order valence-electron chi connectivity index (χ0n) is 24.3. The summed E-state index contributed by atoms with van der Waals surface area (Å²) >= 11 is 0. The smallest absolute Gasteiger partial charge is 0.387 e. The summed E-state index contributed by atoms with van der Waals surface area (Å²) in [7, 11) is -10.3. The van der Waals surface area contributed by atoms with Crippen LogP contribution in [0.15, 0.2) is 41.3 Å². The Morgan fingerprint density at radius 3 is 2.43 bits per heavy atom. The average molecular weight is 723 g/mol. The lowest BCUT2D eigenvalue weighted by molar-refractivity contribution is -0.0670. The summed E-state index contributed by atoms with van der Waals surface area (Å²) in [4.78, 5) is 60.0. The predicted molar refractivity (Wildman–Crippen MR) is 157 cm³/mol. The molecule has 5 aromatic heterocycles. The number of nitrogens with zero attached hydrogens (tertiary/aromatic N) is 11. The number of aromatic amines is 1. The maximum atomic E-state index is 13.4. The minimum Gasteiger partial charge on any atom is -0.387 e. The summed E-state index contributed by atoms with van der Waals surface area (Å²) in [6, 6.07) is -1.43. The third-order valence-corrected chi connectivity index (χ3v) is 10.1. The molecule has 10 atom stereocenters. The number of nitrogens with two attached hydrogens (primary N) is 1. The number of hydrogen-bond acceptors (Lipinski definition) is 17. The van der Waals surface area contributed by atoms with Crippen molar-refractivity contribution in [1.29, 1.82) is 0 Å². The van der Waals surface area contributed by atoms with Gasteiger partial charge in [-0.25, -0.2) is 34.0 Å². The molecule has 0 radical (unpaired) electrons. The van der Waals surface area contributed by atoms with Crippen molar-refractivity contribution in [2.24, 2.45) is 5.11 Å². The van der Waals surface area contributed by atoms with Crippen LogP contribution in [0.4, 0.5) is 5.82 Å². The highest BCUT2D eigenvalue weighted by atomic mass is 31.2. The molecule has 25 nitrogen and oxygen atoms in total. The molecular formula is C22H23N13O12P2. The molecule has 5 aromatic rings. The summed E-state index contributed by atoms with van der Waals surface area (Å²) in [6.45, 7) is -1.65. The van der Waals surface area contributed by atoms with Crippen molar-refractivity contribution in [3.63, 3.8) is 0 Å². The van der Waals surface area contributed by atoms with E-state index < -0.39 is 83.4 Å². The van der Waals surface area contributed by atoms with E-state index in [1.54, 1.807) is 0 Å². The SMILES string of the molecule is [N-]=[N+]=NC1[C@H](n2cnc3c(N)ncnc32)O[C@@H]2COP(=O)(O)O[C@@H]3[C@H](O)[C@@H](COP(=O)(O)O[C@@H]12)O[C@H]3n1cnc2c(=O)[nH]c3nccn3c21. The van der Waals surface area contributed by atoms with E-state index in [-0.39, 0.29) is 33.9 Å². The molecule has 0 aliphatic carbocycles. The van der Waals surface area contributed by atoms with Gasteiger partial charge in [-0.1, -0.05) is 5.11 Å². The van der Waals surface area contributed by atoms with Crippen molar-refractivity contribution in [2.75, 3.05) is 18.9 Å². The quantitative estimate of drug-likeness (QED) is 0.0687. The van der Waals surface area contributed by atoms with Crippen LogP contribution in [0, 0.1) is 0 Å². The van der Waals surface area contributed by atoms with Gasteiger partial charge >= 0.3 is 15.6 Å². The zero-order valence-corrected chi connectivity index (χ0v) is 26.1. The molecular weight excluding hydrogens is 700 g/mol. The normalized spacial score (nSPS) is 35.5. The van der Waals surface area contributed by atoms with Gasteiger partial charge in [0.15, 0.2) is 28.9 Å². The molecule has 0 amide bonds. The second-order valence-electron chi connectivity index (χ2n) is 11.0. The number of phosphoric acid groups is 2. The van der Waals surface area contributed by atoms with E-state index in [0.29, 0.717) is 0 Å². The highest BCUT2D eigenvalue weighted by molar-refractivity contribution is 7.47. The lowest BCUT2D eigenvalue weighted by atomic mass is 10.1. The second-order valence-corrected chi connectivity index (χ2v) is 13.8. The van der Waals surface area contributed by atoms with Gasteiger partial charge in [0, 0.05) is 17.3 Å². The number of phosphoric ester groups is 2. The molecule has 0 saturated carbocycles. The van der Waals surface area contributed by atoms with Gasteiger partial charge in [-0.05, 0) is 5.53 Å². The third kappa shape index (κ3) is 5.38. The molecule has 0 spiro atoms. The monoisotopic (exact) mass is 723 g/mol. The van der Waals surface area contributed by atoms with Gasteiger partial charge in [-0.3, -0.25) is 41.4 Å². The molecule has 3 unspecified atom stereocenters. The first-order chi connectivity index (χ1) is 23.4. The molecule has 8 rings (SSSR count). The molecule has 2 bridgehead atoms. The molecule has 3 aliphatic rings. The number of aliphatic hydroxyl groups is 1. The van der Waals surface area contributed by atoms with Crippen molar-refractivity contribution < 1.29 is 51.6 Å². The number of nitrogen functional groups attached to an aromatic ring is 1. The van der Waals surface area contributed by atoms with Gasteiger partial charge in [0.2, 0.25) is 5.78 Å². The van der Waals surface area contributed by atoms with Crippen LogP contribution in [0.25, 0.3) is 38.5 Å². The average Bonchev–Trinajstić information content (AvgIpc) is 3.87. The summed E-state index contributed by atoms with van der Waals surface area (Å²) in [5, 5.41) is 14.9. The molecule has 6 N–H and O–H groups in total. The number of hydrogen-bond donors (Lipinski definition) is 5. The summed E-state index contributed by atoms with van der Waals surface area (Å²) < 4.78 is 64.1. The number of H-pyrrole nitrogens is 1. The fourth-order valence-corrected chi connectivity index (χ4v) is 7.91. The van der Waals surface area contributed by atoms with Gasteiger partial charge in [-0.15, -0.1) is 0 Å². The van der Waals surface area contributed by atoms with Gasteiger partial charge in [-0.2, -0.15) is 0 Å². The molecule has 3 fully saturated rings. The Balaban J connectivity index is 1.15. The number of nitrogens with one attached hydrogen (secondary N) is 1. The van der Waals surface area contributed by atoms with E-state index in [2.05, 4.69) is 39.9 Å². The Hall–Kier alpha value is -4.35. The summed E-state index contributed by atoms with van der Waals surface area (Å²) in [6.07, 6.45) is -4.36. The van der Waals surface area contributed by atoms with E-state index in [1.165, 1.54) is 38.6 Å². The van der Waals surface area contributed by atoms with E-state index in [9.17, 15) is 34.3 Å². The maximum Gasteiger partial charge on any atom is 0.472 e. The van der Waals surface area contributed by atoms with Crippen LogP contribution in [0.3, 0.4) is 0 Å². The minimum atomic E-state index is -5.15. The van der Waals surface area contributed by atoms with Crippen molar-refractivity contribution in [1.82, 2.24) is 43.4 Å². The molecule has 0 aromatic carbocycles. The van der Waals surface area contributed by atoms with E-state index >= 15 is 0 Å². The minimum absolute atomic E-state index is 0.0260. The first-order valence-electron chi connectivity index (χ1n) is 14.1. The van der Waals surface area contributed by atoms with E-state index in [4.69, 9.17) is 33.3 Å². The fraction of sp³-hybridized carbons (Fsp3) is 0.455. The number of imidazole rings is 3. The largest absolute Gasteiger partial charge is 0.472 e. The Bertz CT molecular complexity index is 2300. The molecule has 27 heteroatoms.